The zero-order valence-corrected chi connectivity index (χ0v) is 13.0. The van der Waals surface area contributed by atoms with E-state index in [4.69, 9.17) is 0 Å². The molecule has 0 unspecified atom stereocenters. The summed E-state index contributed by atoms with van der Waals surface area (Å²) in [6, 6.07) is 23.4. The van der Waals surface area contributed by atoms with Crippen molar-refractivity contribution in [3.05, 3.63) is 83.4 Å². The number of benzene rings is 3. The first-order valence-corrected chi connectivity index (χ1v) is 7.55. The van der Waals surface area contributed by atoms with E-state index in [0.717, 1.165) is 5.56 Å². The second kappa shape index (κ2) is 6.17. The maximum Gasteiger partial charge on any atom is 0.0681 e. The summed E-state index contributed by atoms with van der Waals surface area (Å²) >= 11 is 0. The standard InChI is InChI=1S/C21H20O/c1-15-3-6-18(7-4-15)19-8-10-20(11-9-19)21-12-5-17(14-22)13-16(21)2/h3-13,22H,14H2,1-2H3. The average Bonchev–Trinajstić information content (AvgIpc) is 2.56. The van der Waals surface area contributed by atoms with Crippen LogP contribution < -0.4 is 0 Å². The third kappa shape index (κ3) is 2.95. The van der Waals surface area contributed by atoms with Gasteiger partial charge in [0.15, 0.2) is 0 Å². The highest BCUT2D eigenvalue weighted by Crippen LogP contribution is 2.27. The molecule has 0 bridgehead atoms. The molecule has 0 saturated carbocycles. The van der Waals surface area contributed by atoms with E-state index < -0.39 is 0 Å². The lowest BCUT2D eigenvalue weighted by atomic mass is 9.96. The van der Waals surface area contributed by atoms with Gasteiger partial charge in [0.25, 0.3) is 0 Å². The van der Waals surface area contributed by atoms with Crippen LogP contribution in [0.2, 0.25) is 0 Å². The summed E-state index contributed by atoms with van der Waals surface area (Å²) < 4.78 is 0. The summed E-state index contributed by atoms with van der Waals surface area (Å²) in [7, 11) is 0. The molecule has 0 aromatic heterocycles. The van der Waals surface area contributed by atoms with E-state index in [0.29, 0.717) is 0 Å². The summed E-state index contributed by atoms with van der Waals surface area (Å²) in [5.41, 5.74) is 8.32. The molecule has 22 heavy (non-hydrogen) atoms. The van der Waals surface area contributed by atoms with E-state index in [-0.39, 0.29) is 6.61 Å². The first-order valence-electron chi connectivity index (χ1n) is 7.55. The SMILES string of the molecule is Cc1ccc(-c2ccc(-c3ccc(CO)cc3C)cc2)cc1. The Morgan fingerprint density at radius 3 is 1.77 bits per heavy atom. The Morgan fingerprint density at radius 1 is 0.682 bits per heavy atom. The van der Waals surface area contributed by atoms with E-state index in [1.54, 1.807) is 0 Å². The van der Waals surface area contributed by atoms with Crippen LogP contribution in [0.4, 0.5) is 0 Å². The van der Waals surface area contributed by atoms with E-state index in [9.17, 15) is 5.11 Å². The first-order chi connectivity index (χ1) is 10.7. The molecule has 0 heterocycles. The van der Waals surface area contributed by atoms with Crippen molar-refractivity contribution in [3.8, 4) is 22.3 Å². The number of aryl methyl sites for hydroxylation is 2. The van der Waals surface area contributed by atoms with Crippen molar-refractivity contribution >= 4 is 0 Å². The Hall–Kier alpha value is -2.38. The zero-order valence-electron chi connectivity index (χ0n) is 13.0. The minimum absolute atomic E-state index is 0.0908. The van der Waals surface area contributed by atoms with Crippen molar-refractivity contribution in [1.82, 2.24) is 0 Å². The molecule has 0 atom stereocenters. The Labute approximate surface area is 131 Å². The normalized spacial score (nSPS) is 10.7. The first kappa shape index (κ1) is 14.6. The van der Waals surface area contributed by atoms with Gasteiger partial charge in [-0.25, -0.2) is 0 Å². The molecule has 3 aromatic rings. The molecule has 0 amide bonds. The van der Waals surface area contributed by atoms with Crippen LogP contribution in [0.5, 0.6) is 0 Å². The maximum atomic E-state index is 9.21. The van der Waals surface area contributed by atoms with Crippen molar-refractivity contribution in [3.63, 3.8) is 0 Å². The molecule has 1 heteroatoms. The van der Waals surface area contributed by atoms with Crippen molar-refractivity contribution < 1.29 is 5.11 Å². The molecule has 0 radical (unpaired) electrons. The maximum absolute atomic E-state index is 9.21. The van der Waals surface area contributed by atoms with Crippen molar-refractivity contribution in [1.29, 1.82) is 0 Å². The largest absolute Gasteiger partial charge is 0.392 e. The van der Waals surface area contributed by atoms with E-state index in [1.165, 1.54) is 33.4 Å². The molecule has 110 valence electrons. The van der Waals surface area contributed by atoms with E-state index in [2.05, 4.69) is 68.4 Å². The van der Waals surface area contributed by atoms with Crippen LogP contribution in [0.1, 0.15) is 16.7 Å². The van der Waals surface area contributed by atoms with Crippen molar-refractivity contribution in [2.24, 2.45) is 0 Å². The molecular formula is C21H20O. The van der Waals surface area contributed by atoms with Crippen LogP contribution in [0.3, 0.4) is 0 Å². The quantitative estimate of drug-likeness (QED) is 0.708. The Balaban J connectivity index is 1.92. The van der Waals surface area contributed by atoms with Gasteiger partial charge >= 0.3 is 0 Å². The fourth-order valence-electron chi connectivity index (χ4n) is 2.74. The molecule has 3 rings (SSSR count). The summed E-state index contributed by atoms with van der Waals surface area (Å²) in [6.45, 7) is 4.28. The number of hydrogen-bond donors (Lipinski definition) is 1. The predicted molar refractivity (Wildman–Crippen MR) is 92.7 cm³/mol. The lowest BCUT2D eigenvalue weighted by Gasteiger charge is -2.09. The Bertz CT molecular complexity index is 768. The van der Waals surface area contributed by atoms with Gasteiger partial charge in [-0.15, -0.1) is 0 Å². The van der Waals surface area contributed by atoms with Crippen LogP contribution in [-0.4, -0.2) is 5.11 Å². The smallest absolute Gasteiger partial charge is 0.0681 e. The highest BCUT2D eigenvalue weighted by molar-refractivity contribution is 5.72. The predicted octanol–water partition coefficient (Wildman–Crippen LogP) is 5.13. The van der Waals surface area contributed by atoms with Gasteiger partial charge in [0.1, 0.15) is 0 Å². The molecule has 0 aliphatic carbocycles. The monoisotopic (exact) mass is 288 g/mol. The van der Waals surface area contributed by atoms with Gasteiger partial charge in [-0.3, -0.25) is 0 Å². The summed E-state index contributed by atoms with van der Waals surface area (Å²) in [5, 5.41) is 9.21. The van der Waals surface area contributed by atoms with Crippen LogP contribution in [0.15, 0.2) is 66.7 Å². The van der Waals surface area contributed by atoms with Gasteiger partial charge in [-0.1, -0.05) is 72.3 Å². The zero-order chi connectivity index (χ0) is 15.5. The lowest BCUT2D eigenvalue weighted by Crippen LogP contribution is -1.88. The number of hydrogen-bond acceptors (Lipinski definition) is 1. The van der Waals surface area contributed by atoms with Crippen LogP contribution in [0.25, 0.3) is 22.3 Å². The van der Waals surface area contributed by atoms with Gasteiger partial charge in [0, 0.05) is 0 Å². The average molecular weight is 288 g/mol. The van der Waals surface area contributed by atoms with E-state index in [1.807, 2.05) is 12.1 Å². The molecular weight excluding hydrogens is 268 g/mol. The van der Waals surface area contributed by atoms with Gasteiger partial charge in [-0.05, 0) is 47.2 Å². The number of aliphatic hydroxyl groups is 1. The third-order valence-electron chi connectivity index (χ3n) is 4.05. The third-order valence-corrected chi connectivity index (χ3v) is 4.05. The van der Waals surface area contributed by atoms with Crippen LogP contribution >= 0.6 is 0 Å². The summed E-state index contributed by atoms with van der Waals surface area (Å²) in [5.74, 6) is 0. The molecule has 3 aromatic carbocycles. The number of rotatable bonds is 3. The van der Waals surface area contributed by atoms with Gasteiger partial charge < -0.3 is 5.11 Å². The Morgan fingerprint density at radius 2 is 1.23 bits per heavy atom. The second-order valence-corrected chi connectivity index (χ2v) is 5.75. The second-order valence-electron chi connectivity index (χ2n) is 5.75. The minimum atomic E-state index is 0.0908. The van der Waals surface area contributed by atoms with Crippen molar-refractivity contribution in [2.45, 2.75) is 20.5 Å². The fraction of sp³-hybridized carbons (Fsp3) is 0.143. The fourth-order valence-corrected chi connectivity index (χ4v) is 2.74. The molecule has 0 aliphatic heterocycles. The van der Waals surface area contributed by atoms with Gasteiger partial charge in [-0.2, -0.15) is 0 Å². The molecule has 1 N–H and O–H groups in total. The highest BCUT2D eigenvalue weighted by Gasteiger charge is 2.04. The van der Waals surface area contributed by atoms with Crippen molar-refractivity contribution in [2.75, 3.05) is 0 Å². The molecule has 0 fully saturated rings. The highest BCUT2D eigenvalue weighted by atomic mass is 16.3. The summed E-state index contributed by atoms with van der Waals surface area (Å²) in [4.78, 5) is 0. The summed E-state index contributed by atoms with van der Waals surface area (Å²) in [6.07, 6.45) is 0. The lowest BCUT2D eigenvalue weighted by molar-refractivity contribution is 0.282. The Kier molecular flexibility index (Phi) is 4.08. The molecule has 0 spiro atoms. The van der Waals surface area contributed by atoms with E-state index >= 15 is 0 Å². The minimum Gasteiger partial charge on any atom is -0.392 e. The van der Waals surface area contributed by atoms with Crippen LogP contribution in [0, 0.1) is 13.8 Å². The molecule has 0 aliphatic rings. The van der Waals surface area contributed by atoms with Gasteiger partial charge in [0.2, 0.25) is 0 Å². The molecule has 0 saturated heterocycles. The topological polar surface area (TPSA) is 20.2 Å². The molecule has 1 nitrogen and oxygen atoms in total. The number of aliphatic hydroxyl groups excluding tert-OH is 1. The van der Waals surface area contributed by atoms with Crippen LogP contribution in [-0.2, 0) is 6.61 Å². The van der Waals surface area contributed by atoms with Gasteiger partial charge in [0.05, 0.1) is 6.61 Å².